The standard InChI is InChI=1S/C33H46N2O4/c1-24(2)23-39-33(38)35(28-13-7-4-8-14-28)21-25-17-19-26(20-18-25)29-15-9-10-16-30(29)32(37)34-31(22-36)27-11-5-3-6-12-27/h3,5-6,11-12,17-20,24,28-31,36H,4,7-10,13-16,21-23H2,1-2H3,(H,34,37). The van der Waals surface area contributed by atoms with Crippen LogP contribution in [0.1, 0.15) is 100 Å². The maximum absolute atomic E-state index is 13.4. The topological polar surface area (TPSA) is 78.9 Å². The molecule has 0 saturated heterocycles. The summed E-state index contributed by atoms with van der Waals surface area (Å²) in [5.74, 6) is 0.353. The molecule has 2 fully saturated rings. The number of benzene rings is 2. The lowest BCUT2D eigenvalue weighted by atomic mass is 9.74. The minimum Gasteiger partial charge on any atom is -0.449 e. The number of nitrogens with one attached hydrogen (secondary N) is 1. The average molecular weight is 535 g/mol. The lowest BCUT2D eigenvalue weighted by Gasteiger charge is -2.34. The van der Waals surface area contributed by atoms with Crippen LogP contribution in [0.15, 0.2) is 54.6 Å². The molecule has 6 heteroatoms. The van der Waals surface area contributed by atoms with E-state index in [1.54, 1.807) is 0 Å². The van der Waals surface area contributed by atoms with Crippen molar-refractivity contribution in [2.45, 2.75) is 96.2 Å². The maximum atomic E-state index is 13.4. The van der Waals surface area contributed by atoms with Gasteiger partial charge >= 0.3 is 6.09 Å². The quantitative estimate of drug-likeness (QED) is 0.354. The molecular formula is C33H46N2O4. The summed E-state index contributed by atoms with van der Waals surface area (Å²) in [6, 6.07) is 18.0. The van der Waals surface area contributed by atoms with Gasteiger partial charge in [0.25, 0.3) is 0 Å². The lowest BCUT2D eigenvalue weighted by molar-refractivity contribution is -0.127. The van der Waals surface area contributed by atoms with Gasteiger partial charge in [-0.05, 0) is 54.2 Å². The highest BCUT2D eigenvalue weighted by Gasteiger charge is 2.33. The van der Waals surface area contributed by atoms with Crippen molar-refractivity contribution in [2.75, 3.05) is 13.2 Å². The summed E-state index contributed by atoms with van der Waals surface area (Å²) in [5.41, 5.74) is 3.18. The Hall–Kier alpha value is -2.86. The van der Waals surface area contributed by atoms with E-state index in [4.69, 9.17) is 4.74 Å². The summed E-state index contributed by atoms with van der Waals surface area (Å²) in [6.07, 6.45) is 9.38. The fourth-order valence-corrected chi connectivity index (χ4v) is 6.17. The third-order valence-electron chi connectivity index (χ3n) is 8.35. The fraction of sp³-hybridized carbons (Fsp3) is 0.576. The second kappa shape index (κ2) is 14.5. The van der Waals surface area contributed by atoms with E-state index in [2.05, 4.69) is 43.4 Å². The molecule has 0 aliphatic heterocycles. The van der Waals surface area contributed by atoms with Crippen molar-refractivity contribution < 1.29 is 19.4 Å². The Morgan fingerprint density at radius 3 is 2.26 bits per heavy atom. The highest BCUT2D eigenvalue weighted by molar-refractivity contribution is 5.80. The van der Waals surface area contributed by atoms with Crippen LogP contribution in [-0.4, -0.2) is 41.3 Å². The maximum Gasteiger partial charge on any atom is 0.410 e. The summed E-state index contributed by atoms with van der Waals surface area (Å²) in [5, 5.41) is 13.1. The largest absolute Gasteiger partial charge is 0.449 e. The van der Waals surface area contributed by atoms with E-state index in [1.807, 2.05) is 35.2 Å². The van der Waals surface area contributed by atoms with Crippen LogP contribution in [0.25, 0.3) is 0 Å². The summed E-state index contributed by atoms with van der Waals surface area (Å²) >= 11 is 0. The first-order valence-electron chi connectivity index (χ1n) is 14.9. The summed E-state index contributed by atoms with van der Waals surface area (Å²) in [6.45, 7) is 4.97. The van der Waals surface area contributed by atoms with Crippen molar-refractivity contribution >= 4 is 12.0 Å². The van der Waals surface area contributed by atoms with Gasteiger partial charge in [-0.3, -0.25) is 4.79 Å². The Balaban J connectivity index is 1.44. The van der Waals surface area contributed by atoms with Crippen LogP contribution in [0.5, 0.6) is 0 Å². The van der Waals surface area contributed by atoms with E-state index < -0.39 is 6.04 Å². The molecule has 2 aliphatic rings. The number of rotatable bonds is 10. The van der Waals surface area contributed by atoms with Gasteiger partial charge in [0.2, 0.25) is 5.91 Å². The Kier molecular flexibility index (Phi) is 10.8. The molecule has 0 spiro atoms. The molecule has 2 aromatic rings. The Morgan fingerprint density at radius 2 is 1.59 bits per heavy atom. The average Bonchev–Trinajstić information content (AvgIpc) is 2.98. The molecule has 2 aromatic carbocycles. The molecule has 0 radical (unpaired) electrons. The summed E-state index contributed by atoms with van der Waals surface area (Å²) < 4.78 is 5.65. The monoisotopic (exact) mass is 534 g/mol. The van der Waals surface area contributed by atoms with Crippen molar-refractivity contribution in [2.24, 2.45) is 11.8 Å². The summed E-state index contributed by atoms with van der Waals surface area (Å²) in [4.78, 5) is 28.4. The minimum atomic E-state index is -0.398. The highest BCUT2D eigenvalue weighted by Crippen LogP contribution is 2.38. The smallest absolute Gasteiger partial charge is 0.410 e. The van der Waals surface area contributed by atoms with Crippen LogP contribution in [0.3, 0.4) is 0 Å². The molecule has 2 amide bonds. The first-order valence-corrected chi connectivity index (χ1v) is 14.9. The first-order chi connectivity index (χ1) is 19.0. The van der Waals surface area contributed by atoms with Gasteiger partial charge in [-0.2, -0.15) is 0 Å². The normalized spacial score (nSPS) is 20.8. The van der Waals surface area contributed by atoms with Crippen molar-refractivity contribution in [1.82, 2.24) is 10.2 Å². The number of aliphatic hydroxyl groups excluding tert-OH is 1. The van der Waals surface area contributed by atoms with Crippen LogP contribution in [0, 0.1) is 11.8 Å². The number of nitrogens with zero attached hydrogens (tertiary/aromatic N) is 1. The van der Waals surface area contributed by atoms with Crippen molar-refractivity contribution in [3.05, 3.63) is 71.3 Å². The van der Waals surface area contributed by atoms with Crippen molar-refractivity contribution in [3.8, 4) is 0 Å². The molecule has 2 aliphatic carbocycles. The molecule has 0 heterocycles. The molecule has 6 nitrogen and oxygen atoms in total. The van der Waals surface area contributed by atoms with E-state index in [0.29, 0.717) is 19.1 Å². The zero-order valence-corrected chi connectivity index (χ0v) is 23.7. The van der Waals surface area contributed by atoms with Crippen LogP contribution < -0.4 is 5.32 Å². The van der Waals surface area contributed by atoms with Gasteiger partial charge in [0.05, 0.1) is 19.3 Å². The number of hydrogen-bond donors (Lipinski definition) is 2. The minimum absolute atomic E-state index is 0.0167. The van der Waals surface area contributed by atoms with E-state index in [0.717, 1.165) is 62.5 Å². The van der Waals surface area contributed by atoms with Gasteiger partial charge in [-0.1, -0.05) is 101 Å². The number of ether oxygens (including phenoxy) is 1. The SMILES string of the molecule is CC(C)COC(=O)N(Cc1ccc(C2CCCCC2C(=O)NC(CO)c2ccccc2)cc1)C1CCCCC1. The van der Waals surface area contributed by atoms with E-state index in [-0.39, 0.29) is 36.5 Å². The molecular weight excluding hydrogens is 488 g/mol. The third kappa shape index (κ3) is 8.07. The molecule has 0 bridgehead atoms. The number of carbonyl (C=O) groups is 2. The Labute approximate surface area is 234 Å². The molecule has 2 N–H and O–H groups in total. The summed E-state index contributed by atoms with van der Waals surface area (Å²) in [7, 11) is 0. The predicted molar refractivity (Wildman–Crippen MR) is 154 cm³/mol. The molecule has 4 rings (SSSR count). The van der Waals surface area contributed by atoms with E-state index >= 15 is 0 Å². The van der Waals surface area contributed by atoms with Gasteiger partial charge in [0.15, 0.2) is 0 Å². The van der Waals surface area contributed by atoms with Crippen LogP contribution in [0.4, 0.5) is 4.79 Å². The van der Waals surface area contributed by atoms with Gasteiger partial charge < -0.3 is 20.1 Å². The molecule has 39 heavy (non-hydrogen) atoms. The second-order valence-corrected chi connectivity index (χ2v) is 11.8. The number of amides is 2. The van der Waals surface area contributed by atoms with E-state index in [9.17, 15) is 14.7 Å². The van der Waals surface area contributed by atoms with E-state index in [1.165, 1.54) is 12.0 Å². The zero-order valence-electron chi connectivity index (χ0n) is 23.7. The lowest BCUT2D eigenvalue weighted by Crippen LogP contribution is -2.41. The molecule has 212 valence electrons. The highest BCUT2D eigenvalue weighted by atomic mass is 16.6. The van der Waals surface area contributed by atoms with Crippen molar-refractivity contribution in [1.29, 1.82) is 0 Å². The first kappa shape index (κ1) is 29.1. The third-order valence-corrected chi connectivity index (χ3v) is 8.35. The van der Waals surface area contributed by atoms with Crippen LogP contribution in [-0.2, 0) is 16.1 Å². The van der Waals surface area contributed by atoms with Crippen LogP contribution >= 0.6 is 0 Å². The van der Waals surface area contributed by atoms with Gasteiger partial charge in [-0.15, -0.1) is 0 Å². The van der Waals surface area contributed by atoms with Gasteiger partial charge in [0, 0.05) is 18.5 Å². The second-order valence-electron chi connectivity index (χ2n) is 11.8. The van der Waals surface area contributed by atoms with Crippen LogP contribution in [0.2, 0.25) is 0 Å². The molecule has 3 atom stereocenters. The van der Waals surface area contributed by atoms with Gasteiger partial charge in [-0.25, -0.2) is 4.79 Å². The fourth-order valence-electron chi connectivity index (χ4n) is 6.17. The molecule has 0 aromatic heterocycles. The van der Waals surface area contributed by atoms with Crippen molar-refractivity contribution in [3.63, 3.8) is 0 Å². The molecule has 3 unspecified atom stereocenters. The van der Waals surface area contributed by atoms with Gasteiger partial charge in [0.1, 0.15) is 0 Å². The zero-order chi connectivity index (χ0) is 27.6. The number of carbonyl (C=O) groups excluding carboxylic acids is 2. The number of hydrogen-bond acceptors (Lipinski definition) is 4. The Bertz CT molecular complexity index is 1030. The Morgan fingerprint density at radius 1 is 0.923 bits per heavy atom. The predicted octanol–water partition coefficient (Wildman–Crippen LogP) is 6.74. The molecule has 2 saturated carbocycles. The number of aliphatic hydroxyl groups is 1.